The molecule has 0 fully saturated rings. The lowest BCUT2D eigenvalue weighted by Gasteiger charge is -2.12. The summed E-state index contributed by atoms with van der Waals surface area (Å²) in [6, 6.07) is 20.9. The van der Waals surface area contributed by atoms with Gasteiger partial charge in [0.05, 0.1) is 54.7 Å². The maximum absolute atomic E-state index is 12.5. The van der Waals surface area contributed by atoms with Gasteiger partial charge in [0, 0.05) is 48.9 Å². The maximum atomic E-state index is 12.5. The highest BCUT2D eigenvalue weighted by atomic mass is 16.5. The first-order valence-corrected chi connectivity index (χ1v) is 14.9. The summed E-state index contributed by atoms with van der Waals surface area (Å²) in [5.41, 5.74) is 9.14. The standard InChI is InChI=1S/C34H32N8O5/c1-41-22-23(20-38-41)28-11-12-33(43)42(40-28)15-18-47-32-13-14-36-31-19-24(7-9-26(31)32)45-16-4-17-46-25-8-10-30(37-21-25)34(44)39-29-6-3-2-5-27(29)35/h2-3,5-14,19-22H,4,15-18,35H2,1H3,(H,39,44). The van der Waals surface area contributed by atoms with Crippen LogP contribution in [0.1, 0.15) is 16.9 Å². The lowest BCUT2D eigenvalue weighted by Crippen LogP contribution is -2.25. The smallest absolute Gasteiger partial charge is 0.274 e. The number of amides is 1. The molecule has 6 aromatic rings. The Kier molecular flexibility index (Phi) is 9.33. The van der Waals surface area contributed by atoms with E-state index in [0.717, 1.165) is 16.5 Å². The normalized spacial score (nSPS) is 10.9. The zero-order valence-electron chi connectivity index (χ0n) is 25.6. The zero-order valence-corrected chi connectivity index (χ0v) is 25.6. The summed E-state index contributed by atoms with van der Waals surface area (Å²) in [4.78, 5) is 33.5. The average molecular weight is 633 g/mol. The van der Waals surface area contributed by atoms with E-state index in [9.17, 15) is 9.59 Å². The minimum absolute atomic E-state index is 0.211. The average Bonchev–Trinajstić information content (AvgIpc) is 3.52. The highest BCUT2D eigenvalue weighted by Gasteiger charge is 2.11. The molecule has 0 saturated heterocycles. The number of aryl methyl sites for hydroxylation is 1. The molecule has 4 heterocycles. The van der Waals surface area contributed by atoms with E-state index in [1.807, 2.05) is 31.4 Å². The summed E-state index contributed by atoms with van der Waals surface area (Å²) in [7, 11) is 1.83. The second kappa shape index (κ2) is 14.2. The number of carbonyl (C=O) groups excluding carboxylic acids is 1. The Balaban J connectivity index is 0.962. The SMILES string of the molecule is Cn1cc(-c2ccc(=O)n(CCOc3ccnc4cc(OCCCOc5ccc(C(=O)Nc6ccccc6N)nc5)ccc34)n2)cn1. The molecular formula is C34H32N8O5. The van der Waals surface area contributed by atoms with Crippen LogP contribution in [0.2, 0.25) is 0 Å². The number of aromatic nitrogens is 6. The largest absolute Gasteiger partial charge is 0.493 e. The molecule has 238 valence electrons. The number of fused-ring (bicyclic) bond motifs is 1. The van der Waals surface area contributed by atoms with Gasteiger partial charge in [0.1, 0.15) is 29.5 Å². The lowest BCUT2D eigenvalue weighted by molar-refractivity contribution is 0.102. The van der Waals surface area contributed by atoms with Gasteiger partial charge >= 0.3 is 0 Å². The minimum Gasteiger partial charge on any atom is -0.493 e. The Morgan fingerprint density at radius 3 is 2.51 bits per heavy atom. The third-order valence-corrected chi connectivity index (χ3v) is 7.11. The van der Waals surface area contributed by atoms with Gasteiger partial charge in [0.25, 0.3) is 11.5 Å². The van der Waals surface area contributed by atoms with Crippen LogP contribution < -0.4 is 30.8 Å². The molecule has 0 aliphatic carbocycles. The second-order valence-corrected chi connectivity index (χ2v) is 10.5. The number of pyridine rings is 2. The van der Waals surface area contributed by atoms with Crippen molar-refractivity contribution in [2.24, 2.45) is 7.05 Å². The van der Waals surface area contributed by atoms with Gasteiger partial charge in [0.2, 0.25) is 0 Å². The zero-order chi connectivity index (χ0) is 32.6. The van der Waals surface area contributed by atoms with E-state index >= 15 is 0 Å². The van der Waals surface area contributed by atoms with Crippen molar-refractivity contribution < 1.29 is 19.0 Å². The molecule has 1 amide bonds. The number of anilines is 2. The lowest BCUT2D eigenvalue weighted by atomic mass is 10.2. The van der Waals surface area contributed by atoms with Crippen molar-refractivity contribution in [3.63, 3.8) is 0 Å². The summed E-state index contributed by atoms with van der Waals surface area (Å²) in [6.45, 7) is 1.35. The molecule has 4 aromatic heterocycles. The number of rotatable bonds is 13. The molecule has 0 atom stereocenters. The molecule has 0 aliphatic rings. The van der Waals surface area contributed by atoms with Crippen molar-refractivity contribution in [1.29, 1.82) is 0 Å². The van der Waals surface area contributed by atoms with E-state index in [0.29, 0.717) is 54.0 Å². The fraction of sp³-hybridized carbons (Fsp3) is 0.176. The van der Waals surface area contributed by atoms with E-state index in [2.05, 4.69) is 25.5 Å². The molecule has 47 heavy (non-hydrogen) atoms. The van der Waals surface area contributed by atoms with Crippen molar-refractivity contribution in [1.82, 2.24) is 29.5 Å². The quantitative estimate of drug-likeness (QED) is 0.138. The molecule has 0 unspecified atom stereocenters. The molecule has 13 heteroatoms. The van der Waals surface area contributed by atoms with Gasteiger partial charge in [-0.1, -0.05) is 12.1 Å². The molecule has 0 radical (unpaired) electrons. The summed E-state index contributed by atoms with van der Waals surface area (Å²) >= 11 is 0. The molecule has 13 nitrogen and oxygen atoms in total. The van der Waals surface area contributed by atoms with Gasteiger partial charge in [-0.15, -0.1) is 0 Å². The fourth-order valence-corrected chi connectivity index (χ4v) is 4.71. The van der Waals surface area contributed by atoms with Crippen LogP contribution in [0.15, 0.2) is 102 Å². The Hall–Kier alpha value is -6.24. The van der Waals surface area contributed by atoms with Crippen LogP contribution in [0.5, 0.6) is 17.2 Å². The van der Waals surface area contributed by atoms with Crippen LogP contribution in [0.25, 0.3) is 22.2 Å². The molecule has 6 rings (SSSR count). The van der Waals surface area contributed by atoms with Crippen LogP contribution in [-0.4, -0.2) is 55.3 Å². The Labute approximate surface area is 269 Å². The summed E-state index contributed by atoms with van der Waals surface area (Å²) in [6.07, 6.45) is 7.35. The number of nitrogen functional groups attached to an aromatic ring is 1. The monoisotopic (exact) mass is 632 g/mol. The minimum atomic E-state index is -0.358. The number of hydrogen-bond acceptors (Lipinski definition) is 10. The Morgan fingerprint density at radius 1 is 0.894 bits per heavy atom. The topological polar surface area (TPSA) is 161 Å². The van der Waals surface area contributed by atoms with Crippen LogP contribution in [-0.2, 0) is 13.6 Å². The first-order valence-electron chi connectivity index (χ1n) is 14.9. The molecule has 0 spiro atoms. The van der Waals surface area contributed by atoms with Crippen LogP contribution in [0.3, 0.4) is 0 Å². The van der Waals surface area contributed by atoms with Gasteiger partial charge in [-0.05, 0) is 48.5 Å². The molecule has 3 N–H and O–H groups in total. The molecule has 0 bridgehead atoms. The number of nitrogens with zero attached hydrogens (tertiary/aromatic N) is 6. The molecular weight excluding hydrogens is 600 g/mol. The first kappa shape index (κ1) is 30.8. The third-order valence-electron chi connectivity index (χ3n) is 7.11. The summed E-state index contributed by atoms with van der Waals surface area (Å²) in [5.74, 6) is 1.50. The van der Waals surface area contributed by atoms with E-state index in [-0.39, 0.29) is 30.3 Å². The Morgan fingerprint density at radius 2 is 1.72 bits per heavy atom. The second-order valence-electron chi connectivity index (χ2n) is 10.5. The number of ether oxygens (including phenoxy) is 3. The molecule has 0 aliphatic heterocycles. The van der Waals surface area contributed by atoms with E-state index in [1.54, 1.807) is 65.6 Å². The molecule has 0 saturated carbocycles. The van der Waals surface area contributed by atoms with Crippen LogP contribution >= 0.6 is 0 Å². The highest BCUT2D eigenvalue weighted by molar-refractivity contribution is 6.04. The predicted molar refractivity (Wildman–Crippen MR) is 177 cm³/mol. The van der Waals surface area contributed by atoms with Crippen molar-refractivity contribution in [3.05, 3.63) is 114 Å². The van der Waals surface area contributed by atoms with Gasteiger partial charge in [-0.2, -0.15) is 10.2 Å². The summed E-state index contributed by atoms with van der Waals surface area (Å²) in [5, 5.41) is 12.2. The first-order chi connectivity index (χ1) is 22.9. The summed E-state index contributed by atoms with van der Waals surface area (Å²) < 4.78 is 20.8. The Bertz CT molecular complexity index is 2060. The van der Waals surface area contributed by atoms with E-state index in [1.165, 1.54) is 16.9 Å². The number of nitrogens with one attached hydrogen (secondary N) is 1. The fourth-order valence-electron chi connectivity index (χ4n) is 4.71. The van der Waals surface area contributed by atoms with Crippen molar-refractivity contribution in [2.45, 2.75) is 13.0 Å². The highest BCUT2D eigenvalue weighted by Crippen LogP contribution is 2.27. The van der Waals surface area contributed by atoms with Crippen molar-refractivity contribution in [3.8, 4) is 28.5 Å². The molecule has 2 aromatic carbocycles. The van der Waals surface area contributed by atoms with E-state index < -0.39 is 0 Å². The van der Waals surface area contributed by atoms with Gasteiger partial charge < -0.3 is 25.3 Å². The number of nitrogens with two attached hydrogens (primary N) is 1. The van der Waals surface area contributed by atoms with Crippen LogP contribution in [0, 0.1) is 0 Å². The maximum Gasteiger partial charge on any atom is 0.274 e. The van der Waals surface area contributed by atoms with Crippen molar-refractivity contribution >= 4 is 28.2 Å². The number of para-hydroxylation sites is 2. The van der Waals surface area contributed by atoms with Gasteiger partial charge in [-0.3, -0.25) is 19.3 Å². The van der Waals surface area contributed by atoms with Gasteiger partial charge in [-0.25, -0.2) is 9.67 Å². The number of benzene rings is 2. The van der Waals surface area contributed by atoms with Crippen molar-refractivity contribution in [2.75, 3.05) is 30.9 Å². The third kappa shape index (κ3) is 7.71. The van der Waals surface area contributed by atoms with Gasteiger partial charge in [0.15, 0.2) is 0 Å². The van der Waals surface area contributed by atoms with Crippen LogP contribution in [0.4, 0.5) is 11.4 Å². The predicted octanol–water partition coefficient (Wildman–Crippen LogP) is 4.35. The number of hydrogen-bond donors (Lipinski definition) is 2. The van der Waals surface area contributed by atoms with E-state index in [4.69, 9.17) is 19.9 Å². The number of carbonyl (C=O) groups is 1.